The van der Waals surface area contributed by atoms with Crippen molar-refractivity contribution in [3.05, 3.63) is 46.2 Å². The number of aliphatic hydroxyl groups is 1. The maximum absolute atomic E-state index is 13.5. The summed E-state index contributed by atoms with van der Waals surface area (Å²) in [5, 5.41) is 11.0. The average Bonchev–Trinajstić information content (AvgIpc) is 3.47. The molecule has 33 heavy (non-hydrogen) atoms. The lowest BCUT2D eigenvalue weighted by Gasteiger charge is -2.38. The number of rotatable bonds is 5. The van der Waals surface area contributed by atoms with Crippen LogP contribution >= 0.6 is 0 Å². The van der Waals surface area contributed by atoms with Crippen molar-refractivity contribution in [2.45, 2.75) is 58.3 Å². The fraction of sp³-hybridized carbons (Fsp3) is 0.560. The van der Waals surface area contributed by atoms with Gasteiger partial charge in [-0.2, -0.15) is 0 Å². The van der Waals surface area contributed by atoms with Crippen LogP contribution in [0.15, 0.2) is 23.9 Å². The number of nitrogens with zero attached hydrogens (tertiary/aromatic N) is 2. The van der Waals surface area contributed by atoms with Crippen LogP contribution in [0.5, 0.6) is 0 Å². The van der Waals surface area contributed by atoms with Gasteiger partial charge in [0, 0.05) is 24.2 Å². The Morgan fingerprint density at radius 2 is 1.91 bits per heavy atom. The number of amides is 1. The van der Waals surface area contributed by atoms with Gasteiger partial charge in [0.1, 0.15) is 13.2 Å². The number of hydrogen-bond acceptors (Lipinski definition) is 7. The van der Waals surface area contributed by atoms with E-state index in [0.29, 0.717) is 17.8 Å². The van der Waals surface area contributed by atoms with E-state index in [1.54, 1.807) is 6.07 Å². The summed E-state index contributed by atoms with van der Waals surface area (Å²) in [5.74, 6) is -0.575. The van der Waals surface area contributed by atoms with Crippen molar-refractivity contribution in [2.24, 2.45) is 5.41 Å². The van der Waals surface area contributed by atoms with E-state index < -0.39 is 11.5 Å². The average molecular weight is 455 g/mol. The number of carbonyl (C=O) groups excluding carboxylic acids is 3. The van der Waals surface area contributed by atoms with E-state index in [2.05, 4.69) is 11.8 Å². The molecule has 4 aliphatic heterocycles. The lowest BCUT2D eigenvalue weighted by molar-refractivity contribution is -0.139. The van der Waals surface area contributed by atoms with Crippen molar-refractivity contribution in [1.82, 2.24) is 9.80 Å². The molecule has 5 rings (SSSR count). The third kappa shape index (κ3) is 3.65. The van der Waals surface area contributed by atoms with Crippen molar-refractivity contribution in [3.8, 4) is 0 Å². The second-order valence-electron chi connectivity index (χ2n) is 9.66. The Morgan fingerprint density at radius 1 is 1.15 bits per heavy atom. The largest absolute Gasteiger partial charge is 0.457 e. The summed E-state index contributed by atoms with van der Waals surface area (Å²) in [6.07, 6.45) is 3.88. The van der Waals surface area contributed by atoms with E-state index in [0.717, 1.165) is 55.5 Å². The molecule has 1 N–H and O–H groups in total. The number of piperidine rings is 1. The molecule has 2 atom stereocenters. The van der Waals surface area contributed by atoms with E-state index in [-0.39, 0.29) is 37.1 Å². The van der Waals surface area contributed by atoms with Gasteiger partial charge in [0.05, 0.1) is 22.8 Å². The monoisotopic (exact) mass is 454 g/mol. The molecule has 8 heteroatoms. The Hall–Kier alpha value is -2.71. The first-order chi connectivity index (χ1) is 15.8. The fourth-order valence-electron chi connectivity index (χ4n) is 5.90. The first kappa shape index (κ1) is 22.1. The molecule has 0 radical (unpaired) electrons. The summed E-state index contributed by atoms with van der Waals surface area (Å²) in [7, 11) is 0. The first-order valence-electron chi connectivity index (χ1n) is 11.7. The van der Waals surface area contributed by atoms with Gasteiger partial charge < -0.3 is 24.4 Å². The number of β-amino-alcohol motifs (C(OH)–C–C–N with tert-alkyl or cyclic N) is 1. The van der Waals surface area contributed by atoms with Crippen LogP contribution < -0.4 is 0 Å². The van der Waals surface area contributed by atoms with Crippen LogP contribution in [0.3, 0.4) is 0 Å². The van der Waals surface area contributed by atoms with Gasteiger partial charge in [-0.15, -0.1) is 0 Å². The Bertz CT molecular complexity index is 1040. The molecule has 0 unspecified atom stereocenters. The third-order valence-corrected chi connectivity index (χ3v) is 7.90. The molecule has 8 nitrogen and oxygen atoms in total. The van der Waals surface area contributed by atoms with Crippen molar-refractivity contribution < 1.29 is 29.0 Å². The number of hydrogen-bond donors (Lipinski definition) is 1. The highest BCUT2D eigenvalue weighted by Crippen LogP contribution is 2.47. The van der Waals surface area contributed by atoms with Gasteiger partial charge in [-0.3, -0.25) is 4.79 Å². The van der Waals surface area contributed by atoms with Crippen molar-refractivity contribution in [2.75, 3.05) is 26.2 Å². The second-order valence-corrected chi connectivity index (χ2v) is 9.66. The summed E-state index contributed by atoms with van der Waals surface area (Å²) < 4.78 is 10.2. The maximum Gasteiger partial charge on any atom is 0.338 e. The lowest BCUT2D eigenvalue weighted by atomic mass is 9.75. The standard InChI is InChI=1S/C25H30N2O6/c1-3-16-11-25(24(31)27(16)17-10-22(29)32-13-17)6-8-26(9-7-25)12-21(28)18-4-5-19-20(15(18)2)14-33-23(19)30/h4-5,10,16,21,28H,3,6-9,11-14H2,1-2H3/t16-,21-/m0/s1. The van der Waals surface area contributed by atoms with Crippen LogP contribution in [-0.2, 0) is 25.7 Å². The smallest absolute Gasteiger partial charge is 0.338 e. The number of aliphatic hydroxyl groups excluding tert-OH is 1. The van der Waals surface area contributed by atoms with Gasteiger partial charge in [0.25, 0.3) is 0 Å². The molecule has 4 heterocycles. The van der Waals surface area contributed by atoms with Crippen molar-refractivity contribution in [3.63, 3.8) is 0 Å². The van der Waals surface area contributed by atoms with E-state index in [1.165, 1.54) is 6.08 Å². The Balaban J connectivity index is 1.25. The number of fused-ring (bicyclic) bond motifs is 1. The summed E-state index contributed by atoms with van der Waals surface area (Å²) in [6, 6.07) is 3.65. The number of likely N-dealkylation sites (tertiary alicyclic amines) is 2. The Kier molecular flexibility index (Phi) is 5.53. The van der Waals surface area contributed by atoms with Crippen LogP contribution in [0.1, 0.15) is 65.8 Å². The van der Waals surface area contributed by atoms with Crippen LogP contribution in [0.2, 0.25) is 0 Å². The van der Waals surface area contributed by atoms with Gasteiger partial charge in [-0.1, -0.05) is 13.0 Å². The predicted molar refractivity (Wildman–Crippen MR) is 118 cm³/mol. The van der Waals surface area contributed by atoms with Crippen molar-refractivity contribution in [1.29, 1.82) is 0 Å². The predicted octanol–water partition coefficient (Wildman–Crippen LogP) is 2.23. The highest BCUT2D eigenvalue weighted by molar-refractivity contribution is 5.94. The summed E-state index contributed by atoms with van der Waals surface area (Å²) >= 11 is 0. The molecule has 0 saturated carbocycles. The number of esters is 2. The van der Waals surface area contributed by atoms with Gasteiger partial charge >= 0.3 is 11.9 Å². The number of ether oxygens (including phenoxy) is 2. The van der Waals surface area contributed by atoms with Crippen LogP contribution in [0, 0.1) is 12.3 Å². The van der Waals surface area contributed by atoms with Gasteiger partial charge in [-0.05, 0) is 62.9 Å². The molecule has 1 aromatic carbocycles. The molecule has 2 saturated heterocycles. The molecular formula is C25H30N2O6. The molecule has 176 valence electrons. The van der Waals surface area contributed by atoms with Crippen molar-refractivity contribution >= 4 is 17.8 Å². The minimum Gasteiger partial charge on any atom is -0.457 e. The molecule has 0 aromatic heterocycles. The van der Waals surface area contributed by atoms with E-state index in [1.807, 2.05) is 17.9 Å². The second kappa shape index (κ2) is 8.25. The summed E-state index contributed by atoms with van der Waals surface area (Å²) in [4.78, 5) is 40.8. The fourth-order valence-corrected chi connectivity index (χ4v) is 5.90. The zero-order chi connectivity index (χ0) is 23.3. The van der Waals surface area contributed by atoms with Gasteiger partial charge in [-0.25, -0.2) is 9.59 Å². The minimum atomic E-state index is -0.675. The maximum atomic E-state index is 13.5. The molecule has 1 aromatic rings. The highest BCUT2D eigenvalue weighted by atomic mass is 16.5. The molecule has 1 amide bonds. The van der Waals surface area contributed by atoms with Gasteiger partial charge in [0.2, 0.25) is 5.91 Å². The normalized spacial score (nSPS) is 25.3. The van der Waals surface area contributed by atoms with Gasteiger partial charge in [0.15, 0.2) is 0 Å². The topological polar surface area (TPSA) is 96.4 Å². The molecule has 2 fully saturated rings. The summed E-state index contributed by atoms with van der Waals surface area (Å²) in [6.45, 7) is 6.37. The number of cyclic esters (lactones) is 2. The summed E-state index contributed by atoms with van der Waals surface area (Å²) in [5.41, 5.74) is 3.45. The van der Waals surface area contributed by atoms with Crippen LogP contribution in [0.4, 0.5) is 0 Å². The Labute approximate surface area is 193 Å². The van der Waals surface area contributed by atoms with Crippen LogP contribution in [0.25, 0.3) is 0 Å². The zero-order valence-corrected chi connectivity index (χ0v) is 19.1. The lowest BCUT2D eigenvalue weighted by Crippen LogP contribution is -2.45. The first-order valence-corrected chi connectivity index (χ1v) is 11.7. The number of carbonyl (C=O) groups is 3. The quantitative estimate of drug-likeness (QED) is 0.682. The molecule has 4 aliphatic rings. The minimum absolute atomic E-state index is 0.0920. The SMILES string of the molecule is CC[C@H]1CC2(CCN(C[C@H](O)c3ccc4c(c3C)COC4=O)CC2)C(=O)N1C1=CC(=O)OC1. The zero-order valence-electron chi connectivity index (χ0n) is 19.1. The Morgan fingerprint density at radius 3 is 2.58 bits per heavy atom. The van der Waals surface area contributed by atoms with E-state index >= 15 is 0 Å². The third-order valence-electron chi connectivity index (χ3n) is 7.90. The van der Waals surface area contributed by atoms with E-state index in [4.69, 9.17) is 9.47 Å². The van der Waals surface area contributed by atoms with Crippen LogP contribution in [-0.4, -0.2) is 65.0 Å². The molecule has 0 aliphatic carbocycles. The molecule has 0 bridgehead atoms. The van der Waals surface area contributed by atoms with E-state index in [9.17, 15) is 19.5 Å². The highest BCUT2D eigenvalue weighted by Gasteiger charge is 2.53. The number of benzene rings is 1. The molecular weight excluding hydrogens is 424 g/mol. The molecule has 1 spiro atoms.